The number of urea groups is 1. The number of benzene rings is 2. The van der Waals surface area contributed by atoms with E-state index in [4.69, 9.17) is 4.18 Å². The monoisotopic (exact) mass is 447 g/mol. The predicted octanol–water partition coefficient (Wildman–Crippen LogP) is 3.60. The third kappa shape index (κ3) is 7.29. The molecule has 0 atom stereocenters. The quantitative estimate of drug-likeness (QED) is 0.572. The van der Waals surface area contributed by atoms with Crippen LogP contribution >= 0.6 is 0 Å². The second-order valence-corrected chi connectivity index (χ2v) is 9.01. The molecule has 2 rings (SSSR count). The van der Waals surface area contributed by atoms with Crippen LogP contribution in [0.3, 0.4) is 0 Å². The minimum absolute atomic E-state index is 0.0424. The summed E-state index contributed by atoms with van der Waals surface area (Å²) in [7, 11) is -4.10. The van der Waals surface area contributed by atoms with Gasteiger partial charge in [-0.2, -0.15) is 8.42 Å². The molecule has 0 spiro atoms. The Balaban J connectivity index is 2.25. The molecule has 0 saturated heterocycles. The fraction of sp³-hybridized carbons (Fsp3) is 0.364. The van der Waals surface area contributed by atoms with Gasteiger partial charge < -0.3 is 19.7 Å². The van der Waals surface area contributed by atoms with Crippen LogP contribution in [-0.2, 0) is 21.5 Å². The third-order valence-electron chi connectivity index (χ3n) is 4.20. The largest absolute Gasteiger partial charge is 0.379 e. The van der Waals surface area contributed by atoms with Crippen molar-refractivity contribution in [3.8, 4) is 5.75 Å². The molecule has 0 heterocycles. The molecule has 0 aliphatic heterocycles. The van der Waals surface area contributed by atoms with E-state index in [9.17, 15) is 18.0 Å². The van der Waals surface area contributed by atoms with Crippen LogP contribution in [0.25, 0.3) is 0 Å². The summed E-state index contributed by atoms with van der Waals surface area (Å²) in [6, 6.07) is 12.2. The number of carbonyl (C=O) groups excluding carboxylic acids is 2. The van der Waals surface area contributed by atoms with Gasteiger partial charge in [0.25, 0.3) is 0 Å². The molecular weight excluding hydrogens is 418 g/mol. The molecule has 31 heavy (non-hydrogen) atoms. The zero-order valence-electron chi connectivity index (χ0n) is 18.2. The highest BCUT2D eigenvalue weighted by atomic mass is 32.2. The Morgan fingerprint density at radius 2 is 1.71 bits per heavy atom. The highest BCUT2D eigenvalue weighted by Crippen LogP contribution is 2.25. The first-order valence-electron chi connectivity index (χ1n) is 10.0. The number of nitrogens with one attached hydrogen (secondary N) is 2. The van der Waals surface area contributed by atoms with Crippen LogP contribution in [0.15, 0.2) is 53.4 Å². The molecule has 0 radical (unpaired) electrons. The van der Waals surface area contributed by atoms with Crippen molar-refractivity contribution in [1.82, 2.24) is 10.2 Å². The summed E-state index contributed by atoms with van der Waals surface area (Å²) >= 11 is 0. The van der Waals surface area contributed by atoms with Crippen molar-refractivity contribution in [3.05, 3.63) is 54.1 Å². The Kier molecular flexibility index (Phi) is 8.44. The van der Waals surface area contributed by atoms with Crippen molar-refractivity contribution >= 4 is 27.7 Å². The molecule has 2 aromatic rings. The first-order valence-corrected chi connectivity index (χ1v) is 11.5. The smallest absolute Gasteiger partial charge is 0.339 e. The van der Waals surface area contributed by atoms with Crippen LogP contribution in [0.4, 0.5) is 10.5 Å². The molecular formula is C22H29N3O5S. The van der Waals surface area contributed by atoms with E-state index >= 15 is 0 Å². The van der Waals surface area contributed by atoms with Crippen molar-refractivity contribution in [2.45, 2.75) is 39.1 Å². The molecule has 0 aliphatic carbocycles. The summed E-state index contributed by atoms with van der Waals surface area (Å²) in [6.45, 7) is 8.43. The van der Waals surface area contributed by atoms with E-state index in [1.165, 1.54) is 31.2 Å². The Labute approximate surface area is 183 Å². The van der Waals surface area contributed by atoms with E-state index in [2.05, 4.69) is 10.6 Å². The number of para-hydroxylation sites is 1. The van der Waals surface area contributed by atoms with Gasteiger partial charge in [-0.05, 0) is 43.2 Å². The number of hydrogen-bond donors (Lipinski definition) is 2. The molecule has 8 nitrogen and oxygen atoms in total. The topological polar surface area (TPSA) is 105 Å². The van der Waals surface area contributed by atoms with E-state index < -0.39 is 10.1 Å². The summed E-state index contributed by atoms with van der Waals surface area (Å²) in [5.41, 5.74) is 1.06. The number of anilines is 1. The van der Waals surface area contributed by atoms with Gasteiger partial charge in [0.1, 0.15) is 10.6 Å². The van der Waals surface area contributed by atoms with Crippen LogP contribution in [0.5, 0.6) is 5.75 Å². The number of carbonyl (C=O) groups is 2. The van der Waals surface area contributed by atoms with E-state index in [0.29, 0.717) is 24.3 Å². The zero-order chi connectivity index (χ0) is 23.0. The van der Waals surface area contributed by atoms with Gasteiger partial charge >= 0.3 is 16.1 Å². The molecule has 168 valence electrons. The Morgan fingerprint density at radius 3 is 2.29 bits per heavy atom. The van der Waals surface area contributed by atoms with Gasteiger partial charge in [0, 0.05) is 31.3 Å². The average Bonchev–Trinajstić information content (AvgIpc) is 2.68. The summed E-state index contributed by atoms with van der Waals surface area (Å²) in [5.74, 6) is 0.145. The van der Waals surface area contributed by atoms with Crippen molar-refractivity contribution < 1.29 is 22.2 Å². The lowest BCUT2D eigenvalue weighted by atomic mass is 10.1. The maximum absolute atomic E-state index is 12.8. The molecule has 2 aromatic carbocycles. The number of rotatable bonds is 9. The minimum atomic E-state index is -4.10. The lowest BCUT2D eigenvalue weighted by Gasteiger charge is -2.25. The highest BCUT2D eigenvalue weighted by Gasteiger charge is 2.21. The molecule has 0 unspecified atom stereocenters. The average molecular weight is 448 g/mol. The molecule has 3 amide bonds. The Bertz CT molecular complexity index is 1000. The fourth-order valence-corrected chi connectivity index (χ4v) is 3.88. The number of hydrogen-bond acceptors (Lipinski definition) is 5. The molecule has 0 saturated carbocycles. The summed E-state index contributed by atoms with van der Waals surface area (Å²) < 4.78 is 31.0. The summed E-state index contributed by atoms with van der Waals surface area (Å²) in [5, 5.41) is 5.36. The van der Waals surface area contributed by atoms with Gasteiger partial charge in [-0.25, -0.2) is 4.79 Å². The lowest BCUT2D eigenvalue weighted by Crippen LogP contribution is -2.41. The maximum atomic E-state index is 12.8. The van der Waals surface area contributed by atoms with Crippen molar-refractivity contribution in [1.29, 1.82) is 0 Å². The Morgan fingerprint density at radius 1 is 1.06 bits per heavy atom. The van der Waals surface area contributed by atoms with Gasteiger partial charge in [0.05, 0.1) is 6.54 Å². The van der Waals surface area contributed by atoms with Crippen molar-refractivity contribution in [2.75, 3.05) is 18.4 Å². The van der Waals surface area contributed by atoms with E-state index in [0.717, 1.165) is 0 Å². The van der Waals surface area contributed by atoms with Gasteiger partial charge in [0.15, 0.2) is 0 Å². The summed E-state index contributed by atoms with van der Waals surface area (Å²) in [4.78, 5) is 25.2. The Hall–Kier alpha value is -3.07. The van der Waals surface area contributed by atoms with E-state index in [-0.39, 0.29) is 35.0 Å². The molecule has 0 bridgehead atoms. The summed E-state index contributed by atoms with van der Waals surface area (Å²) in [6.07, 6.45) is 0. The lowest BCUT2D eigenvalue weighted by molar-refractivity contribution is -0.114. The van der Waals surface area contributed by atoms with Crippen molar-refractivity contribution in [3.63, 3.8) is 0 Å². The fourth-order valence-electron chi connectivity index (χ4n) is 2.92. The molecule has 0 fully saturated rings. The van der Waals surface area contributed by atoms with Gasteiger partial charge in [-0.15, -0.1) is 0 Å². The van der Waals surface area contributed by atoms with E-state index in [1.54, 1.807) is 29.2 Å². The van der Waals surface area contributed by atoms with Crippen LogP contribution in [0, 0.1) is 5.92 Å². The SMILES string of the molecule is CCNC(=O)N(Cc1ccccc1OS(=O)(=O)c1ccc(NC(C)=O)cc1)CC(C)C. The van der Waals surface area contributed by atoms with Gasteiger partial charge in [0.2, 0.25) is 5.91 Å². The number of nitrogens with zero attached hydrogens (tertiary/aromatic N) is 1. The first kappa shape index (κ1) is 24.2. The minimum Gasteiger partial charge on any atom is -0.379 e. The predicted molar refractivity (Wildman–Crippen MR) is 119 cm³/mol. The maximum Gasteiger partial charge on any atom is 0.339 e. The van der Waals surface area contributed by atoms with Crippen LogP contribution in [0.1, 0.15) is 33.3 Å². The standard InChI is InChI=1S/C22H29N3O5S/c1-5-23-22(27)25(14-16(2)3)15-18-8-6-7-9-21(18)30-31(28,29)20-12-10-19(11-13-20)24-17(4)26/h6-13,16H,5,14-15H2,1-4H3,(H,23,27)(H,24,26). The zero-order valence-corrected chi connectivity index (χ0v) is 19.0. The first-order chi connectivity index (χ1) is 14.6. The molecule has 0 aliphatic rings. The second-order valence-electron chi connectivity index (χ2n) is 7.46. The van der Waals surface area contributed by atoms with Crippen molar-refractivity contribution in [2.24, 2.45) is 5.92 Å². The highest BCUT2D eigenvalue weighted by molar-refractivity contribution is 7.87. The van der Waals surface area contributed by atoms with Gasteiger partial charge in [-0.1, -0.05) is 32.0 Å². The van der Waals surface area contributed by atoms with Crippen LogP contribution in [-0.4, -0.2) is 38.3 Å². The molecule has 2 N–H and O–H groups in total. The number of amides is 3. The third-order valence-corrected chi connectivity index (χ3v) is 5.45. The second kappa shape index (κ2) is 10.8. The van der Waals surface area contributed by atoms with E-state index in [1.807, 2.05) is 20.8 Å². The van der Waals surface area contributed by atoms with Crippen LogP contribution < -0.4 is 14.8 Å². The molecule has 0 aromatic heterocycles. The molecule has 9 heteroatoms. The van der Waals surface area contributed by atoms with Gasteiger partial charge in [-0.3, -0.25) is 4.79 Å². The van der Waals surface area contributed by atoms with Crippen LogP contribution in [0.2, 0.25) is 0 Å². The normalized spacial score (nSPS) is 11.1.